The molecule has 1 heterocycles. The van der Waals surface area contributed by atoms with Gasteiger partial charge in [-0.05, 0) is 39.2 Å². The first-order valence-corrected chi connectivity index (χ1v) is 11.2. The third-order valence-electron chi connectivity index (χ3n) is 4.75. The molecule has 0 saturated carbocycles. The first-order chi connectivity index (χ1) is 15.3. The molecule has 0 saturated heterocycles. The van der Waals surface area contributed by atoms with Gasteiger partial charge in [-0.15, -0.1) is 0 Å². The minimum Gasteiger partial charge on any atom is -0.386 e. The summed E-state index contributed by atoms with van der Waals surface area (Å²) in [6.45, 7) is 5.80. The summed E-state index contributed by atoms with van der Waals surface area (Å²) in [5.41, 5.74) is 1.64. The number of nitrogens with one attached hydrogen (secondary N) is 1. The van der Waals surface area contributed by atoms with Gasteiger partial charge in [-0.3, -0.25) is 9.59 Å². The molecule has 32 heavy (non-hydrogen) atoms. The minimum atomic E-state index is -1.10. The Bertz CT molecular complexity index is 812. The van der Waals surface area contributed by atoms with Gasteiger partial charge < -0.3 is 15.5 Å². The summed E-state index contributed by atoms with van der Waals surface area (Å²) in [6, 6.07) is -0.0836. The van der Waals surface area contributed by atoms with Crippen LogP contribution in [-0.4, -0.2) is 40.2 Å². The van der Waals surface area contributed by atoms with Crippen molar-refractivity contribution in [1.82, 2.24) is 5.32 Å². The van der Waals surface area contributed by atoms with Crippen LogP contribution in [0.5, 0.6) is 0 Å². The largest absolute Gasteiger partial charge is 0.386 e. The van der Waals surface area contributed by atoms with E-state index in [1.807, 2.05) is 31.2 Å². The molecule has 3 N–H and O–H groups in total. The fourth-order valence-corrected chi connectivity index (χ4v) is 2.92. The van der Waals surface area contributed by atoms with Gasteiger partial charge in [0.15, 0.2) is 5.78 Å². The van der Waals surface area contributed by atoms with Crippen LogP contribution >= 0.6 is 0 Å². The lowest BCUT2D eigenvalue weighted by Gasteiger charge is -2.15. The zero-order valence-corrected chi connectivity index (χ0v) is 19.4. The number of allylic oxidation sites excluding steroid dienone is 10. The van der Waals surface area contributed by atoms with E-state index in [9.17, 15) is 19.8 Å². The van der Waals surface area contributed by atoms with Crippen molar-refractivity contribution in [3.63, 3.8) is 0 Å². The summed E-state index contributed by atoms with van der Waals surface area (Å²) in [4.78, 5) is 24.5. The van der Waals surface area contributed by atoms with Gasteiger partial charge in [0.25, 0.3) is 0 Å². The van der Waals surface area contributed by atoms with E-state index in [-0.39, 0.29) is 24.2 Å². The standard InChI is InChI=1S/C27H37NO4/c1-4-5-6-7-14-23-15-10-8-12-21(2)13-9-11-16-25(30)26(31)19-22(3)17-18-24(29)20-27(32)28-23/h6-13,16-19,23,25-26,30-31H,4-5,14-15,20H2,1-3H3,(H,28,32). The fourth-order valence-electron chi connectivity index (χ4n) is 2.92. The van der Waals surface area contributed by atoms with Gasteiger partial charge in [0, 0.05) is 6.04 Å². The predicted molar refractivity (Wildman–Crippen MR) is 131 cm³/mol. The highest BCUT2D eigenvalue weighted by molar-refractivity contribution is 6.03. The molecule has 0 aromatic rings. The van der Waals surface area contributed by atoms with E-state index in [1.165, 1.54) is 24.3 Å². The molecule has 1 aliphatic heterocycles. The van der Waals surface area contributed by atoms with E-state index < -0.39 is 12.2 Å². The number of rotatable bonds is 4. The molecule has 1 aliphatic rings. The zero-order chi connectivity index (χ0) is 23.8. The summed E-state index contributed by atoms with van der Waals surface area (Å²) in [5, 5.41) is 23.1. The molecule has 1 amide bonds. The van der Waals surface area contributed by atoms with Crippen molar-refractivity contribution in [3.8, 4) is 0 Å². The van der Waals surface area contributed by atoms with Crippen LogP contribution in [0.2, 0.25) is 0 Å². The summed E-state index contributed by atoms with van der Waals surface area (Å²) in [6.07, 6.45) is 22.3. The molecule has 0 aliphatic carbocycles. The Kier molecular flexibility index (Phi) is 13.6. The predicted octanol–water partition coefficient (Wildman–Crippen LogP) is 4.42. The maximum Gasteiger partial charge on any atom is 0.228 e. The first kappa shape index (κ1) is 27.3. The molecule has 3 atom stereocenters. The van der Waals surface area contributed by atoms with Crippen molar-refractivity contribution >= 4 is 11.7 Å². The van der Waals surface area contributed by atoms with Crippen LogP contribution in [0.1, 0.15) is 52.9 Å². The van der Waals surface area contributed by atoms with E-state index in [0.29, 0.717) is 18.4 Å². The molecule has 0 spiro atoms. The number of aliphatic hydroxyl groups excluding tert-OH is 2. The van der Waals surface area contributed by atoms with Crippen molar-refractivity contribution in [1.29, 1.82) is 0 Å². The molecule has 0 aromatic heterocycles. The fraction of sp³-hybridized carbons (Fsp3) is 0.407. The summed E-state index contributed by atoms with van der Waals surface area (Å²) >= 11 is 0. The second kappa shape index (κ2) is 16.0. The highest BCUT2D eigenvalue weighted by atomic mass is 16.3. The molecule has 0 radical (unpaired) electrons. The lowest BCUT2D eigenvalue weighted by Crippen LogP contribution is -2.35. The van der Waals surface area contributed by atoms with Crippen molar-refractivity contribution in [2.75, 3.05) is 0 Å². The van der Waals surface area contributed by atoms with Crippen molar-refractivity contribution in [3.05, 3.63) is 84.1 Å². The molecular formula is C27H37NO4. The Morgan fingerprint density at radius 2 is 1.78 bits per heavy atom. The number of hydrogen-bond acceptors (Lipinski definition) is 4. The van der Waals surface area contributed by atoms with Crippen LogP contribution < -0.4 is 5.32 Å². The number of ketones is 1. The number of hydrogen-bond donors (Lipinski definition) is 3. The third-order valence-corrected chi connectivity index (χ3v) is 4.75. The summed E-state index contributed by atoms with van der Waals surface area (Å²) in [7, 11) is 0. The second-order valence-electron chi connectivity index (χ2n) is 7.95. The molecule has 0 aromatic carbocycles. The highest BCUT2D eigenvalue weighted by Gasteiger charge is 2.13. The van der Waals surface area contributed by atoms with Gasteiger partial charge in [-0.1, -0.05) is 91.3 Å². The summed E-state index contributed by atoms with van der Waals surface area (Å²) < 4.78 is 0. The molecule has 5 nitrogen and oxygen atoms in total. The Hall–Kier alpha value is -2.76. The van der Waals surface area contributed by atoms with Crippen LogP contribution in [0.3, 0.4) is 0 Å². The third kappa shape index (κ3) is 12.8. The summed E-state index contributed by atoms with van der Waals surface area (Å²) in [5.74, 6) is -0.632. The Balaban J connectivity index is 3.04. The van der Waals surface area contributed by atoms with Gasteiger partial charge in [0.1, 0.15) is 12.2 Å². The lowest BCUT2D eigenvalue weighted by atomic mass is 10.1. The number of carbonyl (C=O) groups excluding carboxylic acids is 2. The second-order valence-corrected chi connectivity index (χ2v) is 7.95. The SMILES string of the molecule is CCCC=CCC1CC=CC=C(C)C=CC=CC(O)C(O)C=C(C)C=CC(=O)CC(=O)N1. The molecule has 1 rings (SSSR count). The van der Waals surface area contributed by atoms with E-state index in [0.717, 1.165) is 18.4 Å². The normalized spacial score (nSPS) is 24.3. The van der Waals surface area contributed by atoms with Gasteiger partial charge in [0.2, 0.25) is 5.91 Å². The molecule has 5 heteroatoms. The number of carbonyl (C=O) groups is 2. The van der Waals surface area contributed by atoms with E-state index >= 15 is 0 Å². The quantitative estimate of drug-likeness (QED) is 0.447. The monoisotopic (exact) mass is 439 g/mol. The smallest absolute Gasteiger partial charge is 0.228 e. The topological polar surface area (TPSA) is 86.6 Å². The minimum absolute atomic E-state index is 0.0836. The van der Waals surface area contributed by atoms with Crippen LogP contribution in [0.15, 0.2) is 84.1 Å². The lowest BCUT2D eigenvalue weighted by molar-refractivity contribution is -0.126. The van der Waals surface area contributed by atoms with Gasteiger partial charge in [0.05, 0.1) is 6.42 Å². The van der Waals surface area contributed by atoms with E-state index in [1.54, 1.807) is 19.1 Å². The average molecular weight is 440 g/mol. The Morgan fingerprint density at radius 1 is 1.00 bits per heavy atom. The van der Waals surface area contributed by atoms with Crippen molar-refractivity contribution in [2.24, 2.45) is 0 Å². The molecule has 174 valence electrons. The number of unbranched alkanes of at least 4 members (excludes halogenated alkanes) is 1. The highest BCUT2D eigenvalue weighted by Crippen LogP contribution is 2.07. The Labute approximate surface area is 192 Å². The van der Waals surface area contributed by atoms with Gasteiger partial charge in [-0.25, -0.2) is 0 Å². The number of amides is 1. The Morgan fingerprint density at radius 3 is 2.53 bits per heavy atom. The van der Waals surface area contributed by atoms with E-state index in [2.05, 4.69) is 24.4 Å². The molecule has 3 unspecified atom stereocenters. The first-order valence-electron chi connectivity index (χ1n) is 11.2. The van der Waals surface area contributed by atoms with E-state index in [4.69, 9.17) is 0 Å². The van der Waals surface area contributed by atoms with Crippen LogP contribution in [0.4, 0.5) is 0 Å². The average Bonchev–Trinajstić information content (AvgIpc) is 2.74. The molecule has 0 fully saturated rings. The molecular weight excluding hydrogens is 402 g/mol. The number of aliphatic hydroxyl groups is 2. The van der Waals surface area contributed by atoms with Crippen LogP contribution in [-0.2, 0) is 9.59 Å². The van der Waals surface area contributed by atoms with Gasteiger partial charge >= 0.3 is 0 Å². The van der Waals surface area contributed by atoms with Crippen LogP contribution in [0.25, 0.3) is 0 Å². The van der Waals surface area contributed by atoms with Gasteiger partial charge in [-0.2, -0.15) is 0 Å². The van der Waals surface area contributed by atoms with Crippen LogP contribution in [0, 0.1) is 0 Å². The zero-order valence-electron chi connectivity index (χ0n) is 19.4. The van der Waals surface area contributed by atoms with Crippen molar-refractivity contribution in [2.45, 2.75) is 71.1 Å². The van der Waals surface area contributed by atoms with Crippen molar-refractivity contribution < 1.29 is 19.8 Å². The maximum atomic E-state index is 12.4. The molecule has 0 bridgehead atoms. The maximum absolute atomic E-state index is 12.4.